The van der Waals surface area contributed by atoms with Gasteiger partial charge in [0.2, 0.25) is 5.91 Å². The van der Waals surface area contributed by atoms with Crippen molar-refractivity contribution in [3.05, 3.63) is 6.92 Å². The van der Waals surface area contributed by atoms with E-state index in [9.17, 15) is 9.59 Å². The van der Waals surface area contributed by atoms with Crippen molar-refractivity contribution < 1.29 is 14.3 Å². The molecule has 4 N–H and O–H groups in total. The number of urea groups is 1. The molecule has 0 aromatic carbocycles. The number of nitrogens with one attached hydrogen (secondary N) is 2. The largest absolute Gasteiger partial charge is 0.381 e. The van der Waals surface area contributed by atoms with E-state index < -0.39 is 6.04 Å². The smallest absolute Gasteiger partial charge is 0.314 e. The van der Waals surface area contributed by atoms with Crippen LogP contribution in [0.2, 0.25) is 0 Å². The Labute approximate surface area is 139 Å². The van der Waals surface area contributed by atoms with E-state index in [1.54, 1.807) is 14.2 Å². The predicted octanol–water partition coefficient (Wildman–Crippen LogP) is 0.643. The summed E-state index contributed by atoms with van der Waals surface area (Å²) in [4.78, 5) is 25.4. The molecule has 0 aromatic heterocycles. The lowest BCUT2D eigenvalue weighted by molar-refractivity contribution is -0.133. The van der Waals surface area contributed by atoms with Crippen molar-refractivity contribution >= 4 is 11.9 Å². The van der Waals surface area contributed by atoms with Crippen LogP contribution in [0.5, 0.6) is 0 Å². The van der Waals surface area contributed by atoms with Crippen LogP contribution in [0.25, 0.3) is 0 Å². The second-order valence-corrected chi connectivity index (χ2v) is 6.07. The van der Waals surface area contributed by atoms with Gasteiger partial charge in [0.25, 0.3) is 0 Å². The maximum Gasteiger partial charge on any atom is 0.314 e. The van der Waals surface area contributed by atoms with Gasteiger partial charge >= 0.3 is 6.03 Å². The van der Waals surface area contributed by atoms with Crippen LogP contribution in [-0.4, -0.2) is 62.3 Å². The van der Waals surface area contributed by atoms with E-state index in [1.807, 2.05) is 4.90 Å². The molecular formula is C16H31N4O3. The molecule has 3 amide bonds. The molecule has 1 fully saturated rings. The highest BCUT2D eigenvalue weighted by Crippen LogP contribution is 2.13. The van der Waals surface area contributed by atoms with Gasteiger partial charge in [0.15, 0.2) is 0 Å². The third kappa shape index (κ3) is 7.18. The number of carbonyl (C=O) groups is 2. The van der Waals surface area contributed by atoms with Gasteiger partial charge in [-0.3, -0.25) is 4.79 Å². The Balaban J connectivity index is 2.23. The quantitative estimate of drug-likeness (QED) is 0.570. The summed E-state index contributed by atoms with van der Waals surface area (Å²) in [7, 11) is 3.24. The van der Waals surface area contributed by atoms with Gasteiger partial charge in [-0.25, -0.2) is 4.79 Å². The van der Waals surface area contributed by atoms with Crippen molar-refractivity contribution in [1.82, 2.24) is 15.5 Å². The lowest BCUT2D eigenvalue weighted by atomic mass is 10.0. The van der Waals surface area contributed by atoms with Crippen molar-refractivity contribution in [1.29, 1.82) is 0 Å². The molecule has 2 atom stereocenters. The molecule has 0 aliphatic carbocycles. The van der Waals surface area contributed by atoms with Crippen LogP contribution >= 0.6 is 0 Å². The van der Waals surface area contributed by atoms with Crippen LogP contribution in [0.4, 0.5) is 4.79 Å². The minimum absolute atomic E-state index is 0.00812. The molecule has 7 heteroatoms. The Kier molecular flexibility index (Phi) is 8.94. The Hall–Kier alpha value is -1.34. The van der Waals surface area contributed by atoms with Gasteiger partial charge in [-0.05, 0) is 32.6 Å². The molecule has 1 saturated heterocycles. The van der Waals surface area contributed by atoms with Gasteiger partial charge in [-0.1, -0.05) is 12.8 Å². The standard InChI is InChI=1S/C16H31N4O3/c1-12(23-3)6-4-5-7-14(17)15(21)20-10-8-13(9-11-20)19-16(22)18-2/h12-14H,1,4-11,17H2,2-3H3,(H2,18,19,22)/t12?,14-/m1/s1. The van der Waals surface area contributed by atoms with E-state index >= 15 is 0 Å². The second kappa shape index (κ2) is 10.4. The number of hydrogen-bond acceptors (Lipinski definition) is 4. The Morgan fingerprint density at radius 3 is 2.48 bits per heavy atom. The topological polar surface area (TPSA) is 96.7 Å². The number of hydrogen-bond donors (Lipinski definition) is 3. The highest BCUT2D eigenvalue weighted by Gasteiger charge is 2.26. The number of carbonyl (C=O) groups excluding carboxylic acids is 2. The van der Waals surface area contributed by atoms with Crippen molar-refractivity contribution in [3.8, 4) is 0 Å². The van der Waals surface area contributed by atoms with Gasteiger partial charge < -0.3 is 26.0 Å². The number of rotatable bonds is 8. The molecule has 1 aliphatic rings. The molecule has 0 saturated carbocycles. The van der Waals surface area contributed by atoms with E-state index in [2.05, 4.69) is 17.6 Å². The fraction of sp³-hybridized carbons (Fsp3) is 0.812. The van der Waals surface area contributed by atoms with Gasteiger partial charge in [-0.2, -0.15) is 0 Å². The Bertz CT molecular complexity index is 370. The zero-order chi connectivity index (χ0) is 17.2. The molecule has 1 rings (SSSR count). The maximum absolute atomic E-state index is 12.3. The number of likely N-dealkylation sites (tertiary alicyclic amines) is 1. The van der Waals surface area contributed by atoms with Crippen molar-refractivity contribution in [2.75, 3.05) is 27.2 Å². The van der Waals surface area contributed by atoms with Crippen LogP contribution in [0.3, 0.4) is 0 Å². The molecular weight excluding hydrogens is 296 g/mol. The summed E-state index contributed by atoms with van der Waals surface area (Å²) in [6.45, 7) is 5.14. The summed E-state index contributed by atoms with van der Waals surface area (Å²) < 4.78 is 5.09. The van der Waals surface area contributed by atoms with E-state index in [0.29, 0.717) is 19.5 Å². The first-order chi connectivity index (χ1) is 11.0. The first kappa shape index (κ1) is 19.7. The monoisotopic (exact) mass is 327 g/mol. The summed E-state index contributed by atoms with van der Waals surface area (Å²) in [5.74, 6) is 0.0151. The van der Waals surface area contributed by atoms with Gasteiger partial charge in [0, 0.05) is 33.3 Å². The van der Waals surface area contributed by atoms with Crippen molar-refractivity contribution in [2.24, 2.45) is 5.73 Å². The number of methoxy groups -OCH3 is 1. The number of nitrogens with zero attached hydrogens (tertiary/aromatic N) is 1. The van der Waals surface area contributed by atoms with Crippen LogP contribution < -0.4 is 16.4 Å². The van der Waals surface area contributed by atoms with E-state index in [4.69, 9.17) is 10.5 Å². The zero-order valence-corrected chi connectivity index (χ0v) is 14.3. The van der Waals surface area contributed by atoms with Crippen molar-refractivity contribution in [3.63, 3.8) is 0 Å². The van der Waals surface area contributed by atoms with Gasteiger partial charge in [0.1, 0.15) is 0 Å². The number of piperidine rings is 1. The summed E-state index contributed by atoms with van der Waals surface area (Å²) in [6.07, 6.45) is 4.97. The number of unbranched alkanes of at least 4 members (excludes halogenated alkanes) is 1. The number of amides is 3. The summed E-state index contributed by atoms with van der Waals surface area (Å²) in [5, 5.41) is 5.42. The first-order valence-corrected chi connectivity index (χ1v) is 8.36. The lowest BCUT2D eigenvalue weighted by Crippen LogP contribution is -2.51. The molecule has 7 nitrogen and oxygen atoms in total. The van der Waals surface area contributed by atoms with Crippen LogP contribution in [-0.2, 0) is 9.53 Å². The van der Waals surface area contributed by atoms with E-state index in [0.717, 1.165) is 32.1 Å². The first-order valence-electron chi connectivity index (χ1n) is 8.36. The van der Waals surface area contributed by atoms with Gasteiger partial charge in [0.05, 0.1) is 12.1 Å². The third-order valence-corrected chi connectivity index (χ3v) is 4.31. The molecule has 0 aromatic rings. The molecule has 23 heavy (non-hydrogen) atoms. The lowest BCUT2D eigenvalue weighted by Gasteiger charge is -2.33. The second-order valence-electron chi connectivity index (χ2n) is 6.07. The highest BCUT2D eigenvalue weighted by atomic mass is 16.5. The van der Waals surface area contributed by atoms with E-state index in [-0.39, 0.29) is 24.1 Å². The van der Waals surface area contributed by atoms with Crippen LogP contribution in [0.15, 0.2) is 0 Å². The molecule has 1 aliphatic heterocycles. The predicted molar refractivity (Wildman–Crippen MR) is 89.8 cm³/mol. The van der Waals surface area contributed by atoms with Crippen molar-refractivity contribution in [2.45, 2.75) is 56.7 Å². The normalized spacial score (nSPS) is 18.3. The zero-order valence-electron chi connectivity index (χ0n) is 14.3. The summed E-state index contributed by atoms with van der Waals surface area (Å²) in [6, 6.07) is -0.492. The molecule has 1 unspecified atom stereocenters. The SMILES string of the molecule is [CH2]C(CCCC[C@@H](N)C(=O)N1CCC(NC(=O)NC)CC1)OC. The average Bonchev–Trinajstić information content (AvgIpc) is 2.58. The van der Waals surface area contributed by atoms with Gasteiger partial charge in [-0.15, -0.1) is 0 Å². The molecule has 0 bridgehead atoms. The molecule has 1 radical (unpaired) electrons. The molecule has 1 heterocycles. The number of ether oxygens (including phenoxy) is 1. The minimum atomic E-state index is -0.441. The fourth-order valence-electron chi connectivity index (χ4n) is 2.71. The minimum Gasteiger partial charge on any atom is -0.381 e. The van der Waals surface area contributed by atoms with Crippen LogP contribution in [0, 0.1) is 6.92 Å². The Morgan fingerprint density at radius 1 is 1.30 bits per heavy atom. The fourth-order valence-corrected chi connectivity index (χ4v) is 2.71. The summed E-state index contributed by atoms with van der Waals surface area (Å²) >= 11 is 0. The maximum atomic E-state index is 12.3. The molecule has 133 valence electrons. The van der Waals surface area contributed by atoms with E-state index in [1.165, 1.54) is 0 Å². The molecule has 0 spiro atoms. The summed E-state index contributed by atoms with van der Waals surface area (Å²) in [5.41, 5.74) is 6.02. The third-order valence-electron chi connectivity index (χ3n) is 4.31. The number of nitrogens with two attached hydrogens (primary N) is 1. The Morgan fingerprint density at radius 2 is 1.91 bits per heavy atom. The van der Waals surface area contributed by atoms with Crippen LogP contribution in [0.1, 0.15) is 38.5 Å². The average molecular weight is 327 g/mol. The highest BCUT2D eigenvalue weighted by molar-refractivity contribution is 5.81.